The predicted octanol–water partition coefficient (Wildman–Crippen LogP) is 3.42. The van der Waals surface area contributed by atoms with Gasteiger partial charge in [0, 0.05) is 25.5 Å². The molecular weight excluding hydrogens is 382 g/mol. The molecule has 7 heteroatoms. The Labute approximate surface area is 168 Å². The Balaban J connectivity index is 2.10. The predicted molar refractivity (Wildman–Crippen MR) is 107 cm³/mol. The van der Waals surface area contributed by atoms with Crippen molar-refractivity contribution in [3.05, 3.63) is 64.7 Å². The number of rotatable bonds is 7. The third kappa shape index (κ3) is 6.31. The van der Waals surface area contributed by atoms with E-state index in [1.54, 1.807) is 44.4 Å². The minimum absolute atomic E-state index is 0.00504. The van der Waals surface area contributed by atoms with Crippen LogP contribution in [0.25, 0.3) is 0 Å². The van der Waals surface area contributed by atoms with Crippen LogP contribution in [0.3, 0.4) is 0 Å². The van der Waals surface area contributed by atoms with Gasteiger partial charge in [0.2, 0.25) is 11.8 Å². The third-order valence-electron chi connectivity index (χ3n) is 3.82. The number of halogens is 1. The zero-order chi connectivity index (χ0) is 19.8. The van der Waals surface area contributed by atoms with Crippen LogP contribution in [-0.2, 0) is 16.1 Å². The number of carbonyl (C=O) groups excluding carboxylic acids is 2. The van der Waals surface area contributed by atoms with Gasteiger partial charge in [0.15, 0.2) is 0 Å². The molecule has 0 N–H and O–H groups in total. The van der Waals surface area contributed by atoms with Gasteiger partial charge in [0.1, 0.15) is 6.54 Å². The topological polar surface area (TPSA) is 64.4 Å². The van der Waals surface area contributed by atoms with Gasteiger partial charge in [-0.3, -0.25) is 9.59 Å². The van der Waals surface area contributed by atoms with E-state index in [0.29, 0.717) is 17.1 Å². The molecule has 5 nitrogen and oxygen atoms in total. The fourth-order valence-electron chi connectivity index (χ4n) is 2.23. The van der Waals surface area contributed by atoms with Crippen molar-refractivity contribution >= 4 is 35.2 Å². The zero-order valence-electron chi connectivity index (χ0n) is 15.2. The monoisotopic (exact) mass is 401 g/mol. The lowest BCUT2D eigenvalue weighted by Crippen LogP contribution is -2.40. The van der Waals surface area contributed by atoms with Crippen LogP contribution in [-0.4, -0.2) is 48.0 Å². The smallest absolute Gasteiger partial charge is 0.241 e. The second kappa shape index (κ2) is 10.0. The molecule has 0 bridgehead atoms. The lowest BCUT2D eigenvalue weighted by atomic mass is 10.1. The first kappa shape index (κ1) is 20.8. The van der Waals surface area contributed by atoms with Crippen LogP contribution < -0.4 is 0 Å². The maximum Gasteiger partial charge on any atom is 0.241 e. The summed E-state index contributed by atoms with van der Waals surface area (Å²) in [6.07, 6.45) is 0. The second-order valence-corrected chi connectivity index (χ2v) is 7.49. The lowest BCUT2D eigenvalue weighted by Gasteiger charge is -2.24. The molecular formula is C20H20ClN3O2S. The highest BCUT2D eigenvalue weighted by Gasteiger charge is 2.19. The highest BCUT2D eigenvalue weighted by molar-refractivity contribution is 8.00. The van der Waals surface area contributed by atoms with E-state index in [2.05, 4.69) is 6.07 Å². The van der Waals surface area contributed by atoms with Gasteiger partial charge in [-0.05, 0) is 29.8 Å². The average Bonchev–Trinajstić information content (AvgIpc) is 2.67. The molecule has 2 rings (SSSR count). The molecule has 2 amide bonds. The van der Waals surface area contributed by atoms with Crippen LogP contribution in [0, 0.1) is 11.3 Å². The average molecular weight is 402 g/mol. The molecule has 0 fully saturated rings. The Morgan fingerprint density at radius 1 is 1.07 bits per heavy atom. The van der Waals surface area contributed by atoms with Crippen molar-refractivity contribution in [3.8, 4) is 6.07 Å². The number of carbonyl (C=O) groups is 2. The molecule has 0 saturated heterocycles. The van der Waals surface area contributed by atoms with Crippen molar-refractivity contribution in [1.29, 1.82) is 5.26 Å². The quantitative estimate of drug-likeness (QED) is 0.667. The Kier molecular flexibility index (Phi) is 7.71. The van der Waals surface area contributed by atoms with Crippen LogP contribution in [0.2, 0.25) is 5.02 Å². The van der Waals surface area contributed by atoms with Crippen molar-refractivity contribution in [3.63, 3.8) is 0 Å². The molecule has 0 aliphatic rings. The molecule has 2 aromatic carbocycles. The summed E-state index contributed by atoms with van der Waals surface area (Å²) in [6.45, 7) is 0.294. The summed E-state index contributed by atoms with van der Waals surface area (Å²) in [5.41, 5.74) is 1.41. The molecule has 0 aliphatic heterocycles. The number of nitriles is 1. The lowest BCUT2D eigenvalue weighted by molar-refractivity contribution is -0.138. The van der Waals surface area contributed by atoms with Gasteiger partial charge >= 0.3 is 0 Å². The summed E-state index contributed by atoms with van der Waals surface area (Å²) in [6, 6.07) is 16.4. The van der Waals surface area contributed by atoms with Crippen molar-refractivity contribution in [1.82, 2.24) is 9.80 Å². The molecule has 0 saturated carbocycles. The summed E-state index contributed by atoms with van der Waals surface area (Å²) in [4.78, 5) is 28.7. The Morgan fingerprint density at radius 2 is 1.74 bits per heavy atom. The summed E-state index contributed by atoms with van der Waals surface area (Å²) in [5, 5.41) is 9.50. The normalized spacial score (nSPS) is 10.1. The van der Waals surface area contributed by atoms with E-state index in [1.807, 2.05) is 18.2 Å². The van der Waals surface area contributed by atoms with Crippen LogP contribution >= 0.6 is 23.4 Å². The summed E-state index contributed by atoms with van der Waals surface area (Å²) in [5.74, 6) is -0.125. The number of benzene rings is 2. The first-order valence-corrected chi connectivity index (χ1v) is 9.61. The van der Waals surface area contributed by atoms with Crippen LogP contribution in [0.1, 0.15) is 11.1 Å². The third-order valence-corrected chi connectivity index (χ3v) is 5.32. The molecule has 0 heterocycles. The summed E-state index contributed by atoms with van der Waals surface area (Å²) in [7, 11) is 3.32. The van der Waals surface area contributed by atoms with Gasteiger partial charge in [-0.1, -0.05) is 35.9 Å². The minimum Gasteiger partial charge on any atom is -0.347 e. The maximum absolute atomic E-state index is 12.8. The zero-order valence-corrected chi connectivity index (χ0v) is 16.8. The van der Waals surface area contributed by atoms with Gasteiger partial charge in [-0.25, -0.2) is 0 Å². The van der Waals surface area contributed by atoms with Crippen LogP contribution in [0.4, 0.5) is 0 Å². The molecule has 27 heavy (non-hydrogen) atoms. The van der Waals surface area contributed by atoms with Crippen LogP contribution in [0.15, 0.2) is 53.4 Å². The highest BCUT2D eigenvalue weighted by Crippen LogP contribution is 2.26. The molecule has 0 unspecified atom stereocenters. The van der Waals surface area contributed by atoms with E-state index in [4.69, 9.17) is 16.9 Å². The number of amides is 2. The van der Waals surface area contributed by atoms with Gasteiger partial charge in [-0.2, -0.15) is 5.26 Å². The standard InChI is InChI=1S/C20H20ClN3O2S/c1-23(2)19(25)13-24(12-16-9-7-15(11-22)8-10-16)20(26)14-27-18-6-4-3-5-17(18)21/h3-10H,12-14H2,1-2H3. The van der Waals surface area contributed by atoms with Crippen LogP contribution in [0.5, 0.6) is 0 Å². The van der Waals surface area contributed by atoms with Gasteiger partial charge in [-0.15, -0.1) is 11.8 Å². The van der Waals surface area contributed by atoms with E-state index in [1.165, 1.54) is 21.6 Å². The van der Waals surface area contributed by atoms with Crippen molar-refractivity contribution < 1.29 is 9.59 Å². The van der Waals surface area contributed by atoms with E-state index in [0.717, 1.165) is 10.5 Å². The highest BCUT2D eigenvalue weighted by atomic mass is 35.5. The molecule has 0 aliphatic carbocycles. The second-order valence-electron chi connectivity index (χ2n) is 6.07. The van der Waals surface area contributed by atoms with E-state index in [9.17, 15) is 9.59 Å². The van der Waals surface area contributed by atoms with E-state index in [-0.39, 0.29) is 24.1 Å². The van der Waals surface area contributed by atoms with Crippen molar-refractivity contribution in [2.75, 3.05) is 26.4 Å². The number of hydrogen-bond donors (Lipinski definition) is 0. The van der Waals surface area contributed by atoms with Gasteiger partial charge in [0.05, 0.1) is 22.4 Å². The first-order valence-electron chi connectivity index (χ1n) is 8.25. The van der Waals surface area contributed by atoms with Crippen molar-refractivity contribution in [2.45, 2.75) is 11.4 Å². The number of nitrogens with zero attached hydrogens (tertiary/aromatic N) is 3. The molecule has 2 aromatic rings. The molecule has 0 radical (unpaired) electrons. The minimum atomic E-state index is -0.153. The SMILES string of the molecule is CN(C)C(=O)CN(Cc1ccc(C#N)cc1)C(=O)CSc1ccccc1Cl. The van der Waals surface area contributed by atoms with Gasteiger partial charge in [0.25, 0.3) is 0 Å². The largest absolute Gasteiger partial charge is 0.347 e. The molecule has 0 aromatic heterocycles. The Bertz CT molecular complexity index is 847. The molecule has 0 atom stereocenters. The first-order chi connectivity index (χ1) is 12.9. The maximum atomic E-state index is 12.8. The summed E-state index contributed by atoms with van der Waals surface area (Å²) >= 11 is 7.48. The fraction of sp³-hybridized carbons (Fsp3) is 0.250. The number of likely N-dealkylation sites (N-methyl/N-ethyl adjacent to an activating group) is 1. The number of thioether (sulfide) groups is 1. The molecule has 0 spiro atoms. The molecule has 140 valence electrons. The fourth-order valence-corrected chi connectivity index (χ4v) is 3.38. The Hall–Kier alpha value is -2.49. The Morgan fingerprint density at radius 3 is 2.33 bits per heavy atom. The van der Waals surface area contributed by atoms with Gasteiger partial charge < -0.3 is 9.80 Å². The number of hydrogen-bond acceptors (Lipinski definition) is 4. The van der Waals surface area contributed by atoms with E-state index >= 15 is 0 Å². The van der Waals surface area contributed by atoms with Crippen molar-refractivity contribution in [2.24, 2.45) is 0 Å². The van der Waals surface area contributed by atoms with E-state index < -0.39 is 0 Å². The summed E-state index contributed by atoms with van der Waals surface area (Å²) < 4.78 is 0.